The van der Waals surface area contributed by atoms with Gasteiger partial charge in [0.1, 0.15) is 6.04 Å². The summed E-state index contributed by atoms with van der Waals surface area (Å²) < 4.78 is 0. The first-order valence-electron chi connectivity index (χ1n) is 4.39. The third kappa shape index (κ3) is 4.07. The molecular formula is C8H15N3O4. The van der Waals surface area contributed by atoms with Crippen LogP contribution < -0.4 is 11.0 Å². The number of hydrogen-bond acceptors (Lipinski definition) is 5. The molecule has 0 aromatic heterocycles. The molecule has 0 radical (unpaired) electrons. The van der Waals surface area contributed by atoms with Crippen LogP contribution in [-0.4, -0.2) is 28.1 Å². The highest BCUT2D eigenvalue weighted by Crippen LogP contribution is 2.04. The van der Waals surface area contributed by atoms with Gasteiger partial charge in [-0.05, 0) is 25.0 Å². The van der Waals surface area contributed by atoms with Crippen LogP contribution in [-0.2, 0) is 4.79 Å². The van der Waals surface area contributed by atoms with Gasteiger partial charge in [0, 0.05) is 0 Å². The number of quaternary nitrogens is 1. The molecule has 2 atom stereocenters. The number of nitrogens with two attached hydrogens (primary N) is 1. The van der Waals surface area contributed by atoms with Gasteiger partial charge in [-0.15, -0.1) is 0 Å². The van der Waals surface area contributed by atoms with Gasteiger partial charge < -0.3 is 16.1 Å². The van der Waals surface area contributed by atoms with Crippen molar-refractivity contribution < 1.29 is 20.4 Å². The number of amides is 1. The molecule has 5 N–H and O–H groups in total. The van der Waals surface area contributed by atoms with Gasteiger partial charge in [0.2, 0.25) is 0 Å². The van der Waals surface area contributed by atoms with Crippen molar-refractivity contribution in [2.45, 2.75) is 26.3 Å². The Labute approximate surface area is 87.0 Å². The van der Waals surface area contributed by atoms with E-state index in [1.807, 2.05) is 0 Å². The Hall–Kier alpha value is -1.44. The monoisotopic (exact) mass is 217 g/mol. The maximum absolute atomic E-state index is 10.7. The van der Waals surface area contributed by atoms with Crippen LogP contribution >= 0.6 is 0 Å². The number of carbonyl (C=O) groups is 1. The molecule has 0 aliphatic rings. The second-order valence-corrected chi connectivity index (χ2v) is 2.98. The summed E-state index contributed by atoms with van der Waals surface area (Å²) in [5.74, 6) is -0.902. The summed E-state index contributed by atoms with van der Waals surface area (Å²) in [7, 11) is 0. The third-order valence-electron chi connectivity index (χ3n) is 2.02. The van der Waals surface area contributed by atoms with Crippen molar-refractivity contribution in [3.05, 3.63) is 16.9 Å². The van der Waals surface area contributed by atoms with Crippen LogP contribution in [0.15, 0.2) is 16.8 Å². The molecular weight excluding hydrogens is 202 g/mol. The Morgan fingerprint density at radius 1 is 1.73 bits per heavy atom. The zero-order chi connectivity index (χ0) is 12.0. The van der Waals surface area contributed by atoms with Crippen LogP contribution in [0.5, 0.6) is 0 Å². The minimum atomic E-state index is -1.01. The van der Waals surface area contributed by atoms with Gasteiger partial charge >= 0.3 is 0 Å². The summed E-state index contributed by atoms with van der Waals surface area (Å²) in [5, 5.41) is 29.6. The largest absolute Gasteiger partial charge is 0.600 e. The van der Waals surface area contributed by atoms with E-state index in [0.717, 1.165) is 0 Å². The Morgan fingerprint density at radius 2 is 2.27 bits per heavy atom. The lowest BCUT2D eigenvalue weighted by Gasteiger charge is -2.22. The highest BCUT2D eigenvalue weighted by atomic mass is 16.8. The number of primary amides is 1. The lowest BCUT2D eigenvalue weighted by molar-refractivity contribution is -1.06. The van der Waals surface area contributed by atoms with Crippen molar-refractivity contribution >= 4 is 11.6 Å². The van der Waals surface area contributed by atoms with Crippen molar-refractivity contribution in [2.75, 3.05) is 0 Å². The topological polar surface area (TPSA) is 123 Å². The minimum absolute atomic E-state index is 0.347. The van der Waals surface area contributed by atoms with Crippen LogP contribution in [0.3, 0.4) is 0 Å². The second kappa shape index (κ2) is 6.12. The molecule has 0 spiro atoms. The van der Waals surface area contributed by atoms with Gasteiger partial charge in [-0.25, -0.2) is 10.4 Å². The summed E-state index contributed by atoms with van der Waals surface area (Å²) >= 11 is 0. The molecule has 0 saturated heterocycles. The maximum Gasteiger partial charge on any atom is 0.270 e. The second-order valence-electron chi connectivity index (χ2n) is 2.98. The van der Waals surface area contributed by atoms with Gasteiger partial charge in [0.15, 0.2) is 5.71 Å². The molecule has 0 saturated carbocycles. The summed E-state index contributed by atoms with van der Waals surface area (Å²) in [4.78, 5) is 10.7. The Morgan fingerprint density at radius 3 is 2.53 bits per heavy atom. The first kappa shape index (κ1) is 13.6. The fourth-order valence-corrected chi connectivity index (χ4v) is 1.02. The predicted molar refractivity (Wildman–Crippen MR) is 52.4 cm³/mol. The van der Waals surface area contributed by atoms with Crippen molar-refractivity contribution in [1.82, 2.24) is 0 Å². The molecule has 86 valence electrons. The summed E-state index contributed by atoms with van der Waals surface area (Å²) in [6.07, 6.45) is 1.63. The number of nitrogens with one attached hydrogen (secondary N) is 1. The van der Waals surface area contributed by atoms with Gasteiger partial charge in [-0.1, -0.05) is 12.1 Å². The van der Waals surface area contributed by atoms with E-state index in [4.69, 9.17) is 16.1 Å². The highest BCUT2D eigenvalue weighted by molar-refractivity contribution is 6.42. The quantitative estimate of drug-likeness (QED) is 0.262. The summed E-state index contributed by atoms with van der Waals surface area (Å²) in [6, 6.07) is -0.744. The van der Waals surface area contributed by atoms with Crippen molar-refractivity contribution in [3.8, 4) is 0 Å². The third-order valence-corrected chi connectivity index (χ3v) is 2.02. The van der Waals surface area contributed by atoms with Gasteiger partial charge in [0.25, 0.3) is 5.91 Å². The van der Waals surface area contributed by atoms with E-state index in [0.29, 0.717) is 12.0 Å². The van der Waals surface area contributed by atoms with Gasteiger partial charge in [-0.2, -0.15) is 0 Å². The minimum Gasteiger partial charge on any atom is -0.600 e. The molecule has 15 heavy (non-hydrogen) atoms. The summed E-state index contributed by atoms with van der Waals surface area (Å²) in [5.41, 5.74) is 5.02. The first-order valence-corrected chi connectivity index (χ1v) is 4.39. The number of rotatable bonds is 5. The van der Waals surface area contributed by atoms with Crippen LogP contribution in [0.1, 0.15) is 20.3 Å². The van der Waals surface area contributed by atoms with Gasteiger partial charge in [0.05, 0.1) is 0 Å². The normalized spacial score (nSPS) is 17.3. The van der Waals surface area contributed by atoms with E-state index in [-0.39, 0.29) is 5.71 Å². The molecule has 2 unspecified atom stereocenters. The molecule has 0 heterocycles. The van der Waals surface area contributed by atoms with E-state index in [2.05, 4.69) is 5.16 Å². The molecule has 0 bridgehead atoms. The molecule has 1 amide bonds. The molecule has 0 aliphatic heterocycles. The number of carbonyl (C=O) groups excluding carboxylic acids is 1. The van der Waals surface area contributed by atoms with Crippen molar-refractivity contribution in [1.29, 1.82) is 0 Å². The van der Waals surface area contributed by atoms with E-state index >= 15 is 0 Å². The molecule has 7 nitrogen and oxygen atoms in total. The lowest BCUT2D eigenvalue weighted by atomic mass is 10.0. The molecule has 0 rings (SSSR count). The molecule has 0 aliphatic carbocycles. The van der Waals surface area contributed by atoms with Crippen molar-refractivity contribution in [3.63, 3.8) is 0 Å². The smallest absolute Gasteiger partial charge is 0.270 e. The van der Waals surface area contributed by atoms with E-state index in [9.17, 15) is 10.0 Å². The fraction of sp³-hybridized carbons (Fsp3) is 0.500. The standard InChI is InChI=1S/C8H15N3O4/c1-3-6(5(2)11(14)15)4-7(10-13)8(9)12/h4-5,11,13-14H,3H2,1-2H3,(H2,9,12). The number of hydrogen-bond donors (Lipinski definition) is 4. The van der Waals surface area contributed by atoms with E-state index in [1.54, 1.807) is 6.92 Å². The average Bonchev–Trinajstić information content (AvgIpc) is 2.18. The lowest BCUT2D eigenvalue weighted by Crippen LogP contribution is -3.08. The zero-order valence-electron chi connectivity index (χ0n) is 8.60. The number of hydroxylamine groups is 2. The maximum atomic E-state index is 10.7. The Bertz CT molecular complexity index is 286. The molecule has 0 fully saturated rings. The Balaban J connectivity index is 4.95. The van der Waals surface area contributed by atoms with Crippen LogP contribution in [0.2, 0.25) is 0 Å². The number of nitrogens with zero attached hydrogens (tertiary/aromatic N) is 1. The van der Waals surface area contributed by atoms with E-state index < -0.39 is 17.2 Å². The fourth-order valence-electron chi connectivity index (χ4n) is 1.02. The van der Waals surface area contributed by atoms with Crippen LogP contribution in [0.25, 0.3) is 0 Å². The summed E-state index contributed by atoms with van der Waals surface area (Å²) in [6.45, 7) is 3.22. The SMILES string of the molecule is CCC(=CC(=NO)C(N)=O)C(C)[NH+]([O-])O. The highest BCUT2D eigenvalue weighted by Gasteiger charge is 2.15. The zero-order valence-corrected chi connectivity index (χ0v) is 8.60. The van der Waals surface area contributed by atoms with Gasteiger partial charge in [-0.3, -0.25) is 4.79 Å². The Kier molecular flexibility index (Phi) is 5.53. The predicted octanol–water partition coefficient (Wildman–Crippen LogP) is -1.20. The first-order chi connectivity index (χ1) is 6.93. The molecule has 0 aromatic carbocycles. The van der Waals surface area contributed by atoms with Crippen molar-refractivity contribution in [2.24, 2.45) is 10.9 Å². The molecule has 7 heteroatoms. The van der Waals surface area contributed by atoms with Crippen LogP contribution in [0, 0.1) is 5.21 Å². The number of oxime groups is 1. The van der Waals surface area contributed by atoms with E-state index in [1.165, 1.54) is 13.0 Å². The molecule has 0 aromatic rings. The van der Waals surface area contributed by atoms with Crippen LogP contribution in [0.4, 0.5) is 0 Å². The average molecular weight is 217 g/mol.